The van der Waals surface area contributed by atoms with Gasteiger partial charge in [-0.3, -0.25) is 4.79 Å². The number of hydrogen-bond donors (Lipinski definition) is 3. The van der Waals surface area contributed by atoms with E-state index in [-0.39, 0.29) is 11.9 Å². The van der Waals surface area contributed by atoms with Crippen LogP contribution in [-0.4, -0.2) is 33.1 Å². The SMILES string of the molecule is CC(NC(=O)CCNc1ccccc1-c1nn[nH]n1)c1ccccc1. The summed E-state index contributed by atoms with van der Waals surface area (Å²) in [6.45, 7) is 2.49. The molecule has 25 heavy (non-hydrogen) atoms. The van der Waals surface area contributed by atoms with Crippen molar-refractivity contribution in [3.8, 4) is 11.4 Å². The fourth-order valence-corrected chi connectivity index (χ4v) is 2.56. The normalized spacial score (nSPS) is 11.7. The smallest absolute Gasteiger partial charge is 0.222 e. The standard InChI is InChI=1S/C18H20N6O/c1-13(14-7-3-2-4-8-14)20-17(25)11-12-19-16-10-6-5-9-15(16)18-21-23-24-22-18/h2-10,13,19H,11-12H2,1H3,(H,20,25)(H,21,22,23,24). The lowest BCUT2D eigenvalue weighted by molar-refractivity contribution is -0.121. The van der Waals surface area contributed by atoms with Gasteiger partial charge in [-0.25, -0.2) is 0 Å². The minimum atomic E-state index is -0.0136. The molecule has 2 aromatic carbocycles. The largest absolute Gasteiger partial charge is 0.384 e. The molecule has 0 aliphatic rings. The van der Waals surface area contributed by atoms with Crippen molar-refractivity contribution in [1.29, 1.82) is 0 Å². The summed E-state index contributed by atoms with van der Waals surface area (Å²) in [5.74, 6) is 0.520. The first kappa shape index (κ1) is 16.6. The molecular formula is C18H20N6O. The summed E-state index contributed by atoms with van der Waals surface area (Å²) in [6.07, 6.45) is 0.373. The lowest BCUT2D eigenvalue weighted by Crippen LogP contribution is -2.28. The zero-order valence-electron chi connectivity index (χ0n) is 13.9. The average Bonchev–Trinajstić information content (AvgIpc) is 3.17. The van der Waals surface area contributed by atoms with E-state index in [1.165, 1.54) is 0 Å². The summed E-state index contributed by atoms with van der Waals surface area (Å²) in [5.41, 5.74) is 2.80. The van der Waals surface area contributed by atoms with E-state index in [0.717, 1.165) is 16.8 Å². The number of anilines is 1. The summed E-state index contributed by atoms with van der Waals surface area (Å²) < 4.78 is 0. The Hall–Kier alpha value is -3.22. The lowest BCUT2D eigenvalue weighted by Gasteiger charge is -2.15. The van der Waals surface area contributed by atoms with Crippen molar-refractivity contribution in [2.45, 2.75) is 19.4 Å². The van der Waals surface area contributed by atoms with Gasteiger partial charge in [-0.2, -0.15) is 5.21 Å². The Kier molecular flexibility index (Phi) is 5.36. The van der Waals surface area contributed by atoms with Crippen LogP contribution in [0.25, 0.3) is 11.4 Å². The molecule has 0 aliphatic heterocycles. The Morgan fingerprint density at radius 1 is 1.12 bits per heavy atom. The topological polar surface area (TPSA) is 95.6 Å². The number of para-hydroxylation sites is 1. The van der Waals surface area contributed by atoms with Crippen molar-refractivity contribution in [2.24, 2.45) is 0 Å². The van der Waals surface area contributed by atoms with Crippen molar-refractivity contribution < 1.29 is 4.79 Å². The molecule has 7 heteroatoms. The average molecular weight is 336 g/mol. The van der Waals surface area contributed by atoms with Crippen molar-refractivity contribution in [3.05, 3.63) is 60.2 Å². The number of H-pyrrole nitrogens is 1. The molecule has 0 bridgehead atoms. The highest BCUT2D eigenvalue weighted by Crippen LogP contribution is 2.23. The quantitative estimate of drug-likeness (QED) is 0.616. The van der Waals surface area contributed by atoms with Gasteiger partial charge >= 0.3 is 0 Å². The second-order valence-corrected chi connectivity index (χ2v) is 5.66. The van der Waals surface area contributed by atoms with Crippen LogP contribution < -0.4 is 10.6 Å². The summed E-state index contributed by atoms with van der Waals surface area (Å²) in [4.78, 5) is 12.1. The Bertz CT molecular complexity index is 803. The first-order valence-electron chi connectivity index (χ1n) is 8.15. The van der Waals surface area contributed by atoms with Crippen LogP contribution in [0.1, 0.15) is 24.9 Å². The minimum absolute atomic E-state index is 0.000829. The van der Waals surface area contributed by atoms with Gasteiger partial charge in [0.05, 0.1) is 6.04 Å². The molecule has 0 saturated carbocycles. The number of hydrogen-bond acceptors (Lipinski definition) is 5. The van der Waals surface area contributed by atoms with Gasteiger partial charge in [0.2, 0.25) is 11.7 Å². The predicted octanol–water partition coefficient (Wildman–Crippen LogP) is 2.55. The van der Waals surface area contributed by atoms with Gasteiger partial charge in [-0.15, -0.1) is 10.2 Å². The molecular weight excluding hydrogens is 316 g/mol. The van der Waals surface area contributed by atoms with Crippen LogP contribution in [0.2, 0.25) is 0 Å². The molecule has 1 heterocycles. The van der Waals surface area contributed by atoms with Crippen molar-refractivity contribution >= 4 is 11.6 Å². The Labute approximate surface area is 145 Å². The Morgan fingerprint density at radius 3 is 2.64 bits per heavy atom. The van der Waals surface area contributed by atoms with E-state index in [1.54, 1.807) is 0 Å². The van der Waals surface area contributed by atoms with Gasteiger partial charge in [-0.1, -0.05) is 42.5 Å². The van der Waals surface area contributed by atoms with Crippen LogP contribution in [0.4, 0.5) is 5.69 Å². The number of carbonyl (C=O) groups excluding carboxylic acids is 1. The zero-order valence-corrected chi connectivity index (χ0v) is 13.9. The van der Waals surface area contributed by atoms with Crippen molar-refractivity contribution in [2.75, 3.05) is 11.9 Å². The third-order valence-electron chi connectivity index (χ3n) is 3.86. The number of aromatic amines is 1. The summed E-state index contributed by atoms with van der Waals surface area (Å²) in [5, 5.41) is 20.3. The Balaban J connectivity index is 1.53. The number of tetrazole rings is 1. The molecule has 0 radical (unpaired) electrons. The Morgan fingerprint density at radius 2 is 1.88 bits per heavy atom. The van der Waals surface area contributed by atoms with Gasteiger partial charge in [-0.05, 0) is 29.8 Å². The van der Waals surface area contributed by atoms with E-state index in [1.807, 2.05) is 61.5 Å². The molecule has 128 valence electrons. The number of rotatable bonds is 7. The van der Waals surface area contributed by atoms with E-state index >= 15 is 0 Å². The number of benzene rings is 2. The van der Waals surface area contributed by atoms with Crippen LogP contribution >= 0.6 is 0 Å². The number of nitrogens with zero attached hydrogens (tertiary/aromatic N) is 3. The van der Waals surface area contributed by atoms with E-state index < -0.39 is 0 Å². The molecule has 1 unspecified atom stereocenters. The van der Waals surface area contributed by atoms with Gasteiger partial charge in [0.1, 0.15) is 0 Å². The summed E-state index contributed by atoms with van der Waals surface area (Å²) in [7, 11) is 0. The van der Waals surface area contributed by atoms with E-state index in [4.69, 9.17) is 0 Å². The maximum absolute atomic E-state index is 12.1. The van der Waals surface area contributed by atoms with Gasteiger partial charge in [0.15, 0.2) is 0 Å². The number of nitrogens with one attached hydrogen (secondary N) is 3. The molecule has 3 aromatic rings. The highest BCUT2D eigenvalue weighted by molar-refractivity contribution is 5.78. The molecule has 3 rings (SSSR count). The molecule has 7 nitrogen and oxygen atoms in total. The molecule has 3 N–H and O–H groups in total. The molecule has 0 aliphatic carbocycles. The molecule has 0 fully saturated rings. The first-order chi connectivity index (χ1) is 12.2. The molecule has 1 amide bonds. The molecule has 1 atom stereocenters. The molecule has 1 aromatic heterocycles. The zero-order chi connectivity index (χ0) is 17.5. The molecule has 0 saturated heterocycles. The van der Waals surface area contributed by atoms with Crippen LogP contribution in [0, 0.1) is 0 Å². The predicted molar refractivity (Wildman–Crippen MR) is 95.7 cm³/mol. The maximum atomic E-state index is 12.1. The van der Waals surface area contributed by atoms with E-state index in [9.17, 15) is 4.79 Å². The fraction of sp³-hybridized carbons (Fsp3) is 0.222. The summed E-state index contributed by atoms with van der Waals surface area (Å²) >= 11 is 0. The van der Waals surface area contributed by atoms with E-state index in [2.05, 4.69) is 31.3 Å². The highest BCUT2D eigenvalue weighted by Gasteiger charge is 2.11. The maximum Gasteiger partial charge on any atom is 0.222 e. The van der Waals surface area contributed by atoms with Crippen LogP contribution in [-0.2, 0) is 4.79 Å². The minimum Gasteiger partial charge on any atom is -0.384 e. The summed E-state index contributed by atoms with van der Waals surface area (Å²) in [6, 6.07) is 17.6. The monoisotopic (exact) mass is 336 g/mol. The number of amides is 1. The van der Waals surface area contributed by atoms with Crippen LogP contribution in [0.15, 0.2) is 54.6 Å². The number of carbonyl (C=O) groups is 1. The van der Waals surface area contributed by atoms with Gasteiger partial charge in [0.25, 0.3) is 0 Å². The van der Waals surface area contributed by atoms with Crippen molar-refractivity contribution in [3.63, 3.8) is 0 Å². The third-order valence-corrected chi connectivity index (χ3v) is 3.86. The number of aromatic nitrogens is 4. The second-order valence-electron chi connectivity index (χ2n) is 5.66. The van der Waals surface area contributed by atoms with Crippen LogP contribution in [0.5, 0.6) is 0 Å². The van der Waals surface area contributed by atoms with Crippen LogP contribution in [0.3, 0.4) is 0 Å². The van der Waals surface area contributed by atoms with Gasteiger partial charge in [0, 0.05) is 24.2 Å². The second kappa shape index (κ2) is 8.05. The van der Waals surface area contributed by atoms with Crippen molar-refractivity contribution in [1.82, 2.24) is 25.9 Å². The van der Waals surface area contributed by atoms with E-state index in [0.29, 0.717) is 18.8 Å². The van der Waals surface area contributed by atoms with Gasteiger partial charge < -0.3 is 10.6 Å². The third kappa shape index (κ3) is 4.41. The molecule has 0 spiro atoms. The highest BCUT2D eigenvalue weighted by atomic mass is 16.1. The first-order valence-corrected chi connectivity index (χ1v) is 8.15. The fourth-order valence-electron chi connectivity index (χ4n) is 2.56. The lowest BCUT2D eigenvalue weighted by atomic mass is 10.1.